The Hall–Kier alpha value is -2.99. The lowest BCUT2D eigenvalue weighted by molar-refractivity contribution is -0.114. The van der Waals surface area contributed by atoms with Crippen molar-refractivity contribution in [3.63, 3.8) is 0 Å². The summed E-state index contributed by atoms with van der Waals surface area (Å²) in [5.74, 6) is -0.287. The van der Waals surface area contributed by atoms with Crippen molar-refractivity contribution in [1.29, 1.82) is 0 Å². The molecule has 0 radical (unpaired) electrons. The van der Waals surface area contributed by atoms with E-state index in [-0.39, 0.29) is 11.8 Å². The van der Waals surface area contributed by atoms with E-state index in [0.717, 1.165) is 21.9 Å². The fourth-order valence-corrected chi connectivity index (χ4v) is 3.62. The number of carbonyl (C=O) groups is 2. The van der Waals surface area contributed by atoms with Crippen LogP contribution in [-0.2, 0) is 11.2 Å². The number of hydrogen-bond acceptors (Lipinski definition) is 4. The Kier molecular flexibility index (Phi) is 5.98. The fourth-order valence-electron chi connectivity index (χ4n) is 2.71. The second kappa shape index (κ2) is 8.60. The number of aryl methyl sites for hydroxylation is 1. The van der Waals surface area contributed by atoms with Gasteiger partial charge in [0.25, 0.3) is 5.91 Å². The third kappa shape index (κ3) is 5.01. The van der Waals surface area contributed by atoms with Crippen LogP contribution in [-0.4, -0.2) is 23.3 Å². The van der Waals surface area contributed by atoms with Gasteiger partial charge in [0.2, 0.25) is 5.91 Å². The van der Waals surface area contributed by atoms with E-state index in [4.69, 9.17) is 0 Å². The number of rotatable bonds is 6. The molecule has 0 aliphatic rings. The Morgan fingerprint density at radius 2 is 1.85 bits per heavy atom. The molecular weight excluding hydrogens is 358 g/mol. The summed E-state index contributed by atoms with van der Waals surface area (Å²) in [5.41, 5.74) is 3.22. The van der Waals surface area contributed by atoms with Gasteiger partial charge in [0.05, 0.1) is 0 Å². The smallest absolute Gasteiger partial charge is 0.271 e. The van der Waals surface area contributed by atoms with Gasteiger partial charge in [-0.15, -0.1) is 11.3 Å². The molecule has 3 aromatic rings. The number of aromatic nitrogens is 1. The number of anilines is 1. The Morgan fingerprint density at radius 1 is 1.07 bits per heavy atom. The van der Waals surface area contributed by atoms with E-state index in [0.29, 0.717) is 17.9 Å². The summed E-state index contributed by atoms with van der Waals surface area (Å²) in [4.78, 5) is 29.1. The van der Waals surface area contributed by atoms with Crippen LogP contribution in [0.25, 0.3) is 10.6 Å². The van der Waals surface area contributed by atoms with Crippen molar-refractivity contribution in [2.24, 2.45) is 0 Å². The minimum absolute atomic E-state index is 0.124. The van der Waals surface area contributed by atoms with Crippen LogP contribution in [0.5, 0.6) is 0 Å². The van der Waals surface area contributed by atoms with Crippen LogP contribution in [0.1, 0.15) is 27.9 Å². The number of nitrogens with zero attached hydrogens (tertiary/aromatic N) is 1. The van der Waals surface area contributed by atoms with E-state index in [1.165, 1.54) is 23.8 Å². The standard InChI is InChI=1S/C21H21N3O2S/c1-14-19(20(26)22-12-11-16-7-4-3-5-8-16)24-21(27-14)17-9-6-10-18(13-17)23-15(2)25/h3-10,13H,11-12H2,1-2H3,(H,22,26)(H,23,25). The summed E-state index contributed by atoms with van der Waals surface area (Å²) in [6.45, 7) is 3.93. The van der Waals surface area contributed by atoms with E-state index in [1.807, 2.05) is 61.5 Å². The number of thiazole rings is 1. The molecule has 1 aromatic heterocycles. The SMILES string of the molecule is CC(=O)Nc1cccc(-c2nc(C(=O)NCCc3ccccc3)c(C)s2)c1. The van der Waals surface area contributed by atoms with Gasteiger partial charge in [0.15, 0.2) is 0 Å². The number of benzene rings is 2. The van der Waals surface area contributed by atoms with Crippen molar-refractivity contribution in [2.75, 3.05) is 11.9 Å². The van der Waals surface area contributed by atoms with Crippen LogP contribution in [0.2, 0.25) is 0 Å². The highest BCUT2D eigenvalue weighted by molar-refractivity contribution is 7.15. The largest absolute Gasteiger partial charge is 0.350 e. The van der Waals surface area contributed by atoms with E-state index < -0.39 is 0 Å². The number of amides is 2. The van der Waals surface area contributed by atoms with Crippen molar-refractivity contribution >= 4 is 28.8 Å². The third-order valence-electron chi connectivity index (χ3n) is 3.98. The quantitative estimate of drug-likeness (QED) is 0.679. The minimum atomic E-state index is -0.163. The predicted octanol–water partition coefficient (Wildman–Crippen LogP) is 4.05. The van der Waals surface area contributed by atoms with Crippen LogP contribution in [0.15, 0.2) is 54.6 Å². The normalized spacial score (nSPS) is 10.4. The van der Waals surface area contributed by atoms with Crippen LogP contribution in [0, 0.1) is 6.92 Å². The summed E-state index contributed by atoms with van der Waals surface area (Å²) < 4.78 is 0. The zero-order chi connectivity index (χ0) is 19.2. The molecule has 2 amide bonds. The molecule has 138 valence electrons. The van der Waals surface area contributed by atoms with Crippen molar-refractivity contribution in [2.45, 2.75) is 20.3 Å². The molecule has 0 aliphatic heterocycles. The molecule has 6 heteroatoms. The van der Waals surface area contributed by atoms with Crippen LogP contribution in [0.3, 0.4) is 0 Å². The molecule has 0 saturated carbocycles. The highest BCUT2D eigenvalue weighted by Crippen LogP contribution is 2.29. The molecule has 3 rings (SSSR count). The molecule has 2 N–H and O–H groups in total. The van der Waals surface area contributed by atoms with Crippen molar-refractivity contribution in [3.05, 3.63) is 70.7 Å². The zero-order valence-corrected chi connectivity index (χ0v) is 16.1. The minimum Gasteiger partial charge on any atom is -0.350 e. The molecule has 0 bridgehead atoms. The first-order valence-corrected chi connectivity index (χ1v) is 9.52. The predicted molar refractivity (Wildman–Crippen MR) is 109 cm³/mol. The van der Waals surface area contributed by atoms with Gasteiger partial charge < -0.3 is 10.6 Å². The first-order valence-electron chi connectivity index (χ1n) is 8.70. The number of hydrogen-bond donors (Lipinski definition) is 2. The molecule has 0 saturated heterocycles. The van der Waals surface area contributed by atoms with E-state index in [1.54, 1.807) is 0 Å². The van der Waals surface area contributed by atoms with Gasteiger partial charge >= 0.3 is 0 Å². The Bertz CT molecular complexity index is 951. The molecule has 2 aromatic carbocycles. The summed E-state index contributed by atoms with van der Waals surface area (Å²) in [6.07, 6.45) is 0.779. The molecule has 1 heterocycles. The summed E-state index contributed by atoms with van der Waals surface area (Å²) in [5, 5.41) is 6.46. The fraction of sp³-hybridized carbons (Fsp3) is 0.190. The van der Waals surface area contributed by atoms with Crippen LogP contribution < -0.4 is 10.6 Å². The Morgan fingerprint density at radius 3 is 2.59 bits per heavy atom. The van der Waals surface area contributed by atoms with Gasteiger partial charge in [-0.3, -0.25) is 9.59 Å². The maximum atomic E-state index is 12.5. The molecule has 0 spiro atoms. The van der Waals surface area contributed by atoms with Gasteiger partial charge in [-0.1, -0.05) is 42.5 Å². The molecule has 0 fully saturated rings. The molecular formula is C21H21N3O2S. The highest BCUT2D eigenvalue weighted by atomic mass is 32.1. The van der Waals surface area contributed by atoms with Gasteiger partial charge in [0.1, 0.15) is 10.7 Å². The second-order valence-corrected chi connectivity index (χ2v) is 7.38. The second-order valence-electron chi connectivity index (χ2n) is 6.18. The Labute approximate surface area is 162 Å². The van der Waals surface area contributed by atoms with Crippen LogP contribution in [0.4, 0.5) is 5.69 Å². The molecule has 0 unspecified atom stereocenters. The molecule has 27 heavy (non-hydrogen) atoms. The Balaban J connectivity index is 1.68. The first kappa shape index (κ1) is 18.8. The molecule has 5 nitrogen and oxygen atoms in total. The molecule has 0 atom stereocenters. The molecule has 0 aliphatic carbocycles. The first-order chi connectivity index (χ1) is 13.0. The third-order valence-corrected chi connectivity index (χ3v) is 5.00. The lowest BCUT2D eigenvalue weighted by atomic mass is 10.1. The van der Waals surface area contributed by atoms with E-state index in [2.05, 4.69) is 15.6 Å². The summed E-state index contributed by atoms with van der Waals surface area (Å²) in [6, 6.07) is 17.5. The van der Waals surface area contributed by atoms with Crippen LogP contribution >= 0.6 is 11.3 Å². The average molecular weight is 379 g/mol. The maximum absolute atomic E-state index is 12.5. The van der Waals surface area contributed by atoms with Gasteiger partial charge in [-0.2, -0.15) is 0 Å². The van der Waals surface area contributed by atoms with E-state index in [9.17, 15) is 9.59 Å². The van der Waals surface area contributed by atoms with Gasteiger partial charge in [0, 0.05) is 29.6 Å². The summed E-state index contributed by atoms with van der Waals surface area (Å²) in [7, 11) is 0. The monoisotopic (exact) mass is 379 g/mol. The maximum Gasteiger partial charge on any atom is 0.271 e. The lowest BCUT2D eigenvalue weighted by Crippen LogP contribution is -2.26. The lowest BCUT2D eigenvalue weighted by Gasteiger charge is -2.04. The van der Waals surface area contributed by atoms with Crippen molar-refractivity contribution < 1.29 is 9.59 Å². The van der Waals surface area contributed by atoms with Gasteiger partial charge in [-0.05, 0) is 31.0 Å². The van der Waals surface area contributed by atoms with Gasteiger partial charge in [-0.25, -0.2) is 4.98 Å². The topological polar surface area (TPSA) is 71.1 Å². The number of carbonyl (C=O) groups excluding carboxylic acids is 2. The number of nitrogens with one attached hydrogen (secondary N) is 2. The van der Waals surface area contributed by atoms with E-state index >= 15 is 0 Å². The highest BCUT2D eigenvalue weighted by Gasteiger charge is 2.16. The average Bonchev–Trinajstić information content (AvgIpc) is 3.04. The zero-order valence-electron chi connectivity index (χ0n) is 15.3. The van der Waals surface area contributed by atoms with Crippen molar-refractivity contribution in [3.8, 4) is 10.6 Å². The van der Waals surface area contributed by atoms with Crippen molar-refractivity contribution in [1.82, 2.24) is 10.3 Å². The summed E-state index contributed by atoms with van der Waals surface area (Å²) >= 11 is 1.47.